The minimum absolute atomic E-state index is 0.104. The summed E-state index contributed by atoms with van der Waals surface area (Å²) in [5.41, 5.74) is 4.05. The van der Waals surface area contributed by atoms with Crippen LogP contribution in [0.1, 0.15) is 12.0 Å². The Morgan fingerprint density at radius 2 is 2.25 bits per heavy atom. The summed E-state index contributed by atoms with van der Waals surface area (Å²) in [6.45, 7) is 0. The highest BCUT2D eigenvalue weighted by molar-refractivity contribution is 6.04. The molecule has 2 heterocycles. The number of aromatic amines is 1. The van der Waals surface area contributed by atoms with Gasteiger partial charge in [0.1, 0.15) is 0 Å². The highest BCUT2D eigenvalue weighted by Crippen LogP contribution is 2.36. The normalized spacial score (nSPS) is 21.3. The summed E-state index contributed by atoms with van der Waals surface area (Å²) < 4.78 is 0. The first kappa shape index (κ1) is 14.4. The number of amides is 2. The molecule has 1 fully saturated rings. The lowest BCUT2D eigenvalue weighted by molar-refractivity contribution is -0.117. The summed E-state index contributed by atoms with van der Waals surface area (Å²) in [6.07, 6.45) is 7.74. The highest BCUT2D eigenvalue weighted by Gasteiger charge is 2.35. The number of rotatable bonds is 2. The number of hydrogen-bond donors (Lipinski definition) is 3. The van der Waals surface area contributed by atoms with Crippen LogP contribution in [-0.2, 0) is 9.59 Å². The molecular formula is C18H16N4O2. The van der Waals surface area contributed by atoms with Gasteiger partial charge in [-0.05, 0) is 30.2 Å². The molecule has 1 atom stereocenters. The monoisotopic (exact) mass is 320 g/mol. The zero-order valence-electron chi connectivity index (χ0n) is 13.1. The standard InChI is InChI=1S/C18H16N4O2/c1-19-17(23)11-4-5-15-13(8-11)14(18(24)21-15)6-10-2-3-12-9-20-22-16(12)7-10/h2-7,9,13H,8H2,1H3,(H,19,23)(H,20,22)(H,21,24)/b14-6+. The van der Waals surface area contributed by atoms with E-state index in [1.54, 1.807) is 19.3 Å². The van der Waals surface area contributed by atoms with Gasteiger partial charge in [0.25, 0.3) is 5.91 Å². The summed E-state index contributed by atoms with van der Waals surface area (Å²) in [4.78, 5) is 24.2. The zero-order valence-corrected chi connectivity index (χ0v) is 13.1. The summed E-state index contributed by atoms with van der Waals surface area (Å²) in [7, 11) is 1.61. The van der Waals surface area contributed by atoms with E-state index in [4.69, 9.17) is 0 Å². The van der Waals surface area contributed by atoms with Gasteiger partial charge in [-0.1, -0.05) is 18.2 Å². The average molecular weight is 320 g/mol. The molecule has 3 N–H and O–H groups in total. The van der Waals surface area contributed by atoms with E-state index in [2.05, 4.69) is 20.8 Å². The molecule has 1 aromatic heterocycles. The third kappa shape index (κ3) is 2.32. The number of hydrogen-bond acceptors (Lipinski definition) is 3. The minimum Gasteiger partial charge on any atom is -0.355 e. The highest BCUT2D eigenvalue weighted by atomic mass is 16.2. The van der Waals surface area contributed by atoms with Gasteiger partial charge in [-0.2, -0.15) is 5.10 Å². The minimum atomic E-state index is -0.109. The smallest absolute Gasteiger partial charge is 0.252 e. The number of H-pyrrole nitrogens is 1. The molecular weight excluding hydrogens is 304 g/mol. The van der Waals surface area contributed by atoms with Crippen molar-refractivity contribution in [1.82, 2.24) is 20.8 Å². The van der Waals surface area contributed by atoms with Gasteiger partial charge in [0.05, 0.1) is 11.7 Å². The second kappa shape index (κ2) is 5.49. The van der Waals surface area contributed by atoms with E-state index >= 15 is 0 Å². The molecule has 1 saturated heterocycles. The predicted octanol–water partition coefficient (Wildman–Crippen LogP) is 1.65. The topological polar surface area (TPSA) is 86.9 Å². The summed E-state index contributed by atoms with van der Waals surface area (Å²) in [6, 6.07) is 5.88. The number of benzene rings is 1. The van der Waals surface area contributed by atoms with E-state index in [0.29, 0.717) is 17.6 Å². The lowest BCUT2D eigenvalue weighted by Gasteiger charge is -2.17. The van der Waals surface area contributed by atoms with Crippen LogP contribution in [0.2, 0.25) is 0 Å². The largest absolute Gasteiger partial charge is 0.355 e. The molecule has 0 saturated carbocycles. The molecule has 4 rings (SSSR count). The fourth-order valence-corrected chi connectivity index (χ4v) is 3.19. The van der Waals surface area contributed by atoms with Crippen molar-refractivity contribution in [3.8, 4) is 0 Å². The molecule has 0 spiro atoms. The Morgan fingerprint density at radius 3 is 3.08 bits per heavy atom. The van der Waals surface area contributed by atoms with Crippen molar-refractivity contribution in [3.63, 3.8) is 0 Å². The van der Waals surface area contributed by atoms with Gasteiger partial charge >= 0.3 is 0 Å². The molecule has 2 aliphatic rings. The van der Waals surface area contributed by atoms with Crippen molar-refractivity contribution >= 4 is 28.8 Å². The fourth-order valence-electron chi connectivity index (χ4n) is 3.19. The van der Waals surface area contributed by atoms with Crippen LogP contribution < -0.4 is 10.6 Å². The number of allylic oxidation sites excluding steroid dienone is 3. The van der Waals surface area contributed by atoms with Crippen LogP contribution in [0.5, 0.6) is 0 Å². The van der Waals surface area contributed by atoms with E-state index in [9.17, 15) is 9.59 Å². The van der Waals surface area contributed by atoms with E-state index in [1.165, 1.54) is 0 Å². The van der Waals surface area contributed by atoms with Gasteiger partial charge < -0.3 is 10.6 Å². The van der Waals surface area contributed by atoms with Crippen molar-refractivity contribution < 1.29 is 9.59 Å². The maximum atomic E-state index is 12.3. The van der Waals surface area contributed by atoms with Gasteiger partial charge in [-0.25, -0.2) is 0 Å². The number of fused-ring (bicyclic) bond motifs is 2. The summed E-state index contributed by atoms with van der Waals surface area (Å²) in [5.74, 6) is -0.322. The average Bonchev–Trinajstić information content (AvgIpc) is 3.18. The van der Waals surface area contributed by atoms with Gasteiger partial charge in [0, 0.05) is 35.2 Å². The number of likely N-dealkylation sites (N-methyl/N-ethyl adjacent to an activating group) is 1. The SMILES string of the molecule is CNC(=O)C1=CC=C2NC(=O)/C(=C/c3ccc4cn[nH]c4c3)C2C1. The van der Waals surface area contributed by atoms with Crippen molar-refractivity contribution in [1.29, 1.82) is 0 Å². The van der Waals surface area contributed by atoms with Gasteiger partial charge in [0.15, 0.2) is 0 Å². The van der Waals surface area contributed by atoms with Gasteiger partial charge in [-0.15, -0.1) is 0 Å². The number of carbonyl (C=O) groups is 2. The molecule has 1 aromatic carbocycles. The molecule has 0 bridgehead atoms. The van der Waals surface area contributed by atoms with Crippen molar-refractivity contribution in [2.75, 3.05) is 7.05 Å². The molecule has 2 aromatic rings. The van der Waals surface area contributed by atoms with Crippen LogP contribution in [0.4, 0.5) is 0 Å². The maximum Gasteiger partial charge on any atom is 0.252 e. The first-order valence-electron chi connectivity index (χ1n) is 7.74. The van der Waals surface area contributed by atoms with Crippen LogP contribution in [0.25, 0.3) is 17.0 Å². The van der Waals surface area contributed by atoms with E-state index in [1.807, 2.05) is 30.4 Å². The van der Waals surface area contributed by atoms with Crippen molar-refractivity contribution in [2.24, 2.45) is 5.92 Å². The van der Waals surface area contributed by atoms with Crippen LogP contribution in [0, 0.1) is 5.92 Å². The predicted molar refractivity (Wildman–Crippen MR) is 90.6 cm³/mol. The Bertz CT molecular complexity index is 949. The first-order chi connectivity index (χ1) is 11.7. The third-order valence-electron chi connectivity index (χ3n) is 4.47. The van der Waals surface area contributed by atoms with Crippen molar-refractivity contribution in [2.45, 2.75) is 6.42 Å². The quantitative estimate of drug-likeness (QED) is 0.735. The molecule has 120 valence electrons. The Morgan fingerprint density at radius 1 is 1.38 bits per heavy atom. The third-order valence-corrected chi connectivity index (χ3v) is 4.47. The van der Waals surface area contributed by atoms with Crippen molar-refractivity contribution in [3.05, 3.63) is 59.0 Å². The summed E-state index contributed by atoms with van der Waals surface area (Å²) in [5, 5.41) is 13.5. The Kier molecular flexibility index (Phi) is 3.30. The second-order valence-corrected chi connectivity index (χ2v) is 5.92. The first-order valence-corrected chi connectivity index (χ1v) is 7.74. The van der Waals surface area contributed by atoms with E-state index in [-0.39, 0.29) is 17.7 Å². The molecule has 0 radical (unpaired) electrons. The summed E-state index contributed by atoms with van der Waals surface area (Å²) >= 11 is 0. The maximum absolute atomic E-state index is 12.3. The zero-order chi connectivity index (χ0) is 16.7. The molecule has 1 unspecified atom stereocenters. The molecule has 1 aliphatic carbocycles. The number of carbonyl (C=O) groups excluding carboxylic acids is 2. The molecule has 24 heavy (non-hydrogen) atoms. The van der Waals surface area contributed by atoms with Gasteiger partial charge in [0.2, 0.25) is 5.91 Å². The van der Waals surface area contributed by atoms with Crippen LogP contribution in [-0.4, -0.2) is 29.1 Å². The van der Waals surface area contributed by atoms with Gasteiger partial charge in [-0.3, -0.25) is 14.7 Å². The molecule has 6 heteroatoms. The molecule has 6 nitrogen and oxygen atoms in total. The Hall–Kier alpha value is -3.15. The molecule has 1 aliphatic heterocycles. The van der Waals surface area contributed by atoms with E-state index in [0.717, 1.165) is 22.2 Å². The Balaban J connectivity index is 1.69. The Labute approximate surface area is 138 Å². The number of nitrogens with one attached hydrogen (secondary N) is 3. The molecule has 2 amide bonds. The van der Waals surface area contributed by atoms with Crippen LogP contribution >= 0.6 is 0 Å². The second-order valence-electron chi connectivity index (χ2n) is 5.92. The number of nitrogens with zero attached hydrogens (tertiary/aromatic N) is 1. The number of aromatic nitrogens is 2. The fraction of sp³-hybridized carbons (Fsp3) is 0.167. The lowest BCUT2D eigenvalue weighted by atomic mass is 9.87. The van der Waals surface area contributed by atoms with Crippen LogP contribution in [0.3, 0.4) is 0 Å². The van der Waals surface area contributed by atoms with E-state index < -0.39 is 0 Å². The lowest BCUT2D eigenvalue weighted by Crippen LogP contribution is -2.23. The van der Waals surface area contributed by atoms with Crippen LogP contribution in [0.15, 0.2) is 53.4 Å².